The summed E-state index contributed by atoms with van der Waals surface area (Å²) in [5, 5.41) is 6.96. The molecular weight excluding hydrogens is 366 g/mol. The van der Waals surface area contributed by atoms with Gasteiger partial charge in [0.2, 0.25) is 11.8 Å². The van der Waals surface area contributed by atoms with Crippen LogP contribution in [0, 0.1) is 11.8 Å². The van der Waals surface area contributed by atoms with Crippen LogP contribution in [0.25, 0.3) is 11.5 Å². The Morgan fingerprint density at radius 2 is 1.96 bits per heavy atom. The van der Waals surface area contributed by atoms with Crippen molar-refractivity contribution >= 4 is 29.8 Å². The van der Waals surface area contributed by atoms with Gasteiger partial charge in [-0.3, -0.25) is 4.79 Å². The minimum atomic E-state index is -0.479. The molecule has 27 heavy (non-hydrogen) atoms. The van der Waals surface area contributed by atoms with E-state index in [4.69, 9.17) is 16.6 Å². The predicted octanol–water partition coefficient (Wildman–Crippen LogP) is 3.61. The van der Waals surface area contributed by atoms with Crippen molar-refractivity contribution in [3.8, 4) is 11.5 Å². The second kappa shape index (κ2) is 7.96. The Kier molecular flexibility index (Phi) is 5.46. The van der Waals surface area contributed by atoms with Gasteiger partial charge in [-0.15, -0.1) is 5.10 Å². The van der Waals surface area contributed by atoms with Gasteiger partial charge in [0.1, 0.15) is 6.54 Å². The largest absolute Gasteiger partial charge is 0.465 e. The van der Waals surface area contributed by atoms with Gasteiger partial charge in [-0.25, -0.2) is 9.48 Å². The topological polar surface area (TPSA) is 86.4 Å². The zero-order valence-electron chi connectivity index (χ0n) is 14.8. The molecule has 0 aliphatic rings. The zero-order valence-corrected chi connectivity index (χ0v) is 15.6. The third-order valence-electron chi connectivity index (χ3n) is 3.77. The summed E-state index contributed by atoms with van der Waals surface area (Å²) in [7, 11) is 1.30. The number of ether oxygens (including phenoxy) is 1. The number of aromatic nitrogens is 2. The van der Waals surface area contributed by atoms with Crippen LogP contribution >= 0.6 is 12.2 Å². The summed E-state index contributed by atoms with van der Waals surface area (Å²) in [6.07, 6.45) is 0. The van der Waals surface area contributed by atoms with E-state index in [1.807, 2.05) is 31.2 Å². The molecule has 2 aromatic carbocycles. The standard InChI is InChI=1S/C19H17N3O4S/c1-12-6-8-13(9-7-12)17-21-22(19(27)26-17)11-16(23)20-15-5-3-4-14(10-15)18(24)25-2/h3-10H,11H2,1-2H3,(H,20,23). The molecule has 0 saturated heterocycles. The fourth-order valence-electron chi connectivity index (χ4n) is 2.40. The Morgan fingerprint density at radius 1 is 1.22 bits per heavy atom. The van der Waals surface area contributed by atoms with E-state index in [2.05, 4.69) is 15.2 Å². The Labute approximate surface area is 160 Å². The highest BCUT2D eigenvalue weighted by Crippen LogP contribution is 2.18. The Bertz CT molecular complexity index is 1040. The molecule has 0 aliphatic heterocycles. The van der Waals surface area contributed by atoms with Crippen LogP contribution in [0.4, 0.5) is 5.69 Å². The number of methoxy groups -OCH3 is 1. The van der Waals surface area contributed by atoms with E-state index in [0.717, 1.165) is 11.1 Å². The van der Waals surface area contributed by atoms with Gasteiger partial charge in [0, 0.05) is 11.3 Å². The number of hydrogen-bond acceptors (Lipinski definition) is 6. The third kappa shape index (κ3) is 4.48. The molecule has 0 unspecified atom stereocenters. The van der Waals surface area contributed by atoms with Crippen LogP contribution in [-0.2, 0) is 16.1 Å². The maximum atomic E-state index is 12.3. The number of nitrogens with zero attached hydrogens (tertiary/aromatic N) is 2. The highest BCUT2D eigenvalue weighted by Gasteiger charge is 2.12. The monoisotopic (exact) mass is 383 g/mol. The Hall–Kier alpha value is -3.26. The minimum absolute atomic E-state index is 0.101. The first-order chi connectivity index (χ1) is 13.0. The van der Waals surface area contributed by atoms with Crippen molar-refractivity contribution < 1.29 is 18.7 Å². The van der Waals surface area contributed by atoms with Crippen molar-refractivity contribution in [1.82, 2.24) is 9.78 Å². The number of anilines is 1. The summed E-state index contributed by atoms with van der Waals surface area (Å²) >= 11 is 5.14. The summed E-state index contributed by atoms with van der Waals surface area (Å²) in [4.78, 5) is 24.0. The summed E-state index contributed by atoms with van der Waals surface area (Å²) in [6, 6.07) is 14.1. The van der Waals surface area contributed by atoms with E-state index in [0.29, 0.717) is 17.1 Å². The van der Waals surface area contributed by atoms with Crippen LogP contribution in [0.5, 0.6) is 0 Å². The van der Waals surface area contributed by atoms with E-state index < -0.39 is 5.97 Å². The summed E-state index contributed by atoms with van der Waals surface area (Å²) < 4.78 is 11.5. The normalized spacial score (nSPS) is 10.4. The van der Waals surface area contributed by atoms with Gasteiger partial charge in [-0.1, -0.05) is 23.8 Å². The summed E-state index contributed by atoms with van der Waals surface area (Å²) in [6.45, 7) is 1.87. The molecule has 0 fully saturated rings. The third-order valence-corrected chi connectivity index (χ3v) is 4.06. The number of carbonyl (C=O) groups is 2. The minimum Gasteiger partial charge on any atom is -0.465 e. The number of aryl methyl sites for hydroxylation is 1. The van der Waals surface area contributed by atoms with Gasteiger partial charge < -0.3 is 14.5 Å². The molecule has 0 saturated carbocycles. The Morgan fingerprint density at radius 3 is 2.67 bits per heavy atom. The van der Waals surface area contributed by atoms with Crippen LogP contribution in [0.3, 0.4) is 0 Å². The number of benzene rings is 2. The maximum absolute atomic E-state index is 12.3. The first-order valence-electron chi connectivity index (χ1n) is 8.09. The fourth-order valence-corrected chi connectivity index (χ4v) is 2.58. The molecule has 3 rings (SSSR count). The smallest absolute Gasteiger partial charge is 0.337 e. The van der Waals surface area contributed by atoms with Crippen LogP contribution in [-0.4, -0.2) is 28.8 Å². The van der Waals surface area contributed by atoms with Gasteiger partial charge in [0.05, 0.1) is 12.7 Å². The molecule has 0 aliphatic carbocycles. The molecule has 0 radical (unpaired) electrons. The molecule has 1 aromatic heterocycles. The van der Waals surface area contributed by atoms with Crippen molar-refractivity contribution in [2.24, 2.45) is 0 Å². The molecule has 138 valence electrons. The van der Waals surface area contributed by atoms with E-state index in [1.54, 1.807) is 18.2 Å². The highest BCUT2D eigenvalue weighted by atomic mass is 32.1. The van der Waals surface area contributed by atoms with Crippen LogP contribution in [0.15, 0.2) is 52.9 Å². The van der Waals surface area contributed by atoms with Crippen molar-refractivity contribution in [2.45, 2.75) is 13.5 Å². The first-order valence-corrected chi connectivity index (χ1v) is 8.50. The number of hydrogen-bond donors (Lipinski definition) is 1. The van der Waals surface area contributed by atoms with E-state index in [-0.39, 0.29) is 17.3 Å². The maximum Gasteiger partial charge on any atom is 0.337 e. The number of esters is 1. The van der Waals surface area contributed by atoms with Gasteiger partial charge in [-0.2, -0.15) is 0 Å². The lowest BCUT2D eigenvalue weighted by Gasteiger charge is -2.06. The molecular formula is C19H17N3O4S. The lowest BCUT2D eigenvalue weighted by molar-refractivity contribution is -0.117. The molecule has 1 N–H and O–H groups in total. The SMILES string of the molecule is COC(=O)c1cccc(NC(=O)Cn2nc(-c3ccc(C)cc3)oc2=S)c1. The first kappa shape index (κ1) is 18.5. The molecule has 7 nitrogen and oxygen atoms in total. The summed E-state index contributed by atoms with van der Waals surface area (Å²) in [5.74, 6) is -0.482. The second-order valence-corrected chi connectivity index (χ2v) is 6.17. The van der Waals surface area contributed by atoms with E-state index >= 15 is 0 Å². The van der Waals surface area contributed by atoms with Crippen molar-refractivity contribution in [3.05, 3.63) is 64.5 Å². The van der Waals surface area contributed by atoms with E-state index in [9.17, 15) is 9.59 Å². The average molecular weight is 383 g/mol. The van der Waals surface area contributed by atoms with Crippen molar-refractivity contribution in [1.29, 1.82) is 0 Å². The predicted molar refractivity (Wildman–Crippen MR) is 102 cm³/mol. The summed E-state index contributed by atoms with van der Waals surface area (Å²) in [5.41, 5.74) is 2.70. The van der Waals surface area contributed by atoms with Gasteiger partial charge in [0.25, 0.3) is 4.84 Å². The van der Waals surface area contributed by atoms with Crippen LogP contribution < -0.4 is 5.32 Å². The zero-order chi connectivity index (χ0) is 19.4. The van der Waals surface area contributed by atoms with Crippen LogP contribution in [0.2, 0.25) is 0 Å². The fraction of sp³-hybridized carbons (Fsp3) is 0.158. The average Bonchev–Trinajstić information content (AvgIpc) is 3.02. The molecule has 0 spiro atoms. The lowest BCUT2D eigenvalue weighted by Crippen LogP contribution is -2.19. The molecule has 1 amide bonds. The number of carbonyl (C=O) groups excluding carboxylic acids is 2. The number of rotatable bonds is 5. The Balaban J connectivity index is 1.72. The van der Waals surface area contributed by atoms with Crippen molar-refractivity contribution in [2.75, 3.05) is 12.4 Å². The number of nitrogens with one attached hydrogen (secondary N) is 1. The van der Waals surface area contributed by atoms with Gasteiger partial charge in [-0.05, 0) is 49.5 Å². The van der Waals surface area contributed by atoms with Gasteiger partial charge in [0.15, 0.2) is 0 Å². The second-order valence-electron chi connectivity index (χ2n) is 5.82. The molecule has 0 bridgehead atoms. The molecule has 0 atom stereocenters. The quantitative estimate of drug-likeness (QED) is 0.535. The number of amides is 1. The lowest BCUT2D eigenvalue weighted by atomic mass is 10.1. The molecule has 3 aromatic rings. The highest BCUT2D eigenvalue weighted by molar-refractivity contribution is 7.71. The van der Waals surface area contributed by atoms with E-state index in [1.165, 1.54) is 17.9 Å². The van der Waals surface area contributed by atoms with Crippen molar-refractivity contribution in [3.63, 3.8) is 0 Å². The van der Waals surface area contributed by atoms with Crippen LogP contribution in [0.1, 0.15) is 15.9 Å². The molecule has 8 heteroatoms. The molecule has 1 heterocycles. The van der Waals surface area contributed by atoms with Gasteiger partial charge >= 0.3 is 5.97 Å².